The van der Waals surface area contributed by atoms with Crippen LogP contribution in [0.2, 0.25) is 0 Å². The Labute approximate surface area is 144 Å². The zero-order valence-electron chi connectivity index (χ0n) is 13.8. The number of benzene rings is 3. The molecular weight excluding hydrogens is 294 g/mol. The molecule has 0 aliphatic rings. The summed E-state index contributed by atoms with van der Waals surface area (Å²) in [6.07, 6.45) is 0. The van der Waals surface area contributed by atoms with Crippen LogP contribution in [0, 0.1) is 0 Å². The molecular formula is C22H23NO. The molecule has 0 heterocycles. The molecule has 0 radical (unpaired) electrons. The van der Waals surface area contributed by atoms with Crippen molar-refractivity contribution in [2.24, 2.45) is 0 Å². The molecule has 0 aromatic heterocycles. The molecule has 0 atom stereocenters. The molecule has 0 saturated carbocycles. The van der Waals surface area contributed by atoms with Gasteiger partial charge in [0.15, 0.2) is 0 Å². The van der Waals surface area contributed by atoms with Gasteiger partial charge in [0, 0.05) is 19.6 Å². The maximum Gasteiger partial charge on any atom is 0.0558 e. The summed E-state index contributed by atoms with van der Waals surface area (Å²) < 4.78 is 0. The van der Waals surface area contributed by atoms with Gasteiger partial charge in [0.05, 0.1) is 6.61 Å². The van der Waals surface area contributed by atoms with Gasteiger partial charge in [0.2, 0.25) is 0 Å². The van der Waals surface area contributed by atoms with E-state index in [1.54, 1.807) is 0 Å². The van der Waals surface area contributed by atoms with Gasteiger partial charge < -0.3 is 5.11 Å². The fourth-order valence-corrected chi connectivity index (χ4v) is 2.89. The maximum absolute atomic E-state index is 9.34. The second kappa shape index (κ2) is 8.44. The van der Waals surface area contributed by atoms with E-state index >= 15 is 0 Å². The van der Waals surface area contributed by atoms with Gasteiger partial charge in [-0.05, 0) is 22.3 Å². The lowest BCUT2D eigenvalue weighted by Crippen LogP contribution is -2.26. The summed E-state index contributed by atoms with van der Waals surface area (Å²) >= 11 is 0. The van der Waals surface area contributed by atoms with Crippen LogP contribution in [0.4, 0.5) is 0 Å². The zero-order valence-corrected chi connectivity index (χ0v) is 13.8. The summed E-state index contributed by atoms with van der Waals surface area (Å²) in [5.41, 5.74) is 5.00. The molecule has 2 heteroatoms. The predicted molar refractivity (Wildman–Crippen MR) is 99.5 cm³/mol. The number of hydrogen-bond acceptors (Lipinski definition) is 2. The predicted octanol–water partition coefficient (Wildman–Crippen LogP) is 4.35. The summed E-state index contributed by atoms with van der Waals surface area (Å²) in [6.45, 7) is 2.54. The van der Waals surface area contributed by atoms with Crippen LogP contribution in [0.3, 0.4) is 0 Å². The highest BCUT2D eigenvalue weighted by molar-refractivity contribution is 5.63. The molecule has 2 nitrogen and oxygen atoms in total. The van der Waals surface area contributed by atoms with Crippen LogP contribution in [0.5, 0.6) is 0 Å². The first kappa shape index (κ1) is 16.4. The number of aliphatic hydroxyl groups is 1. The Kier molecular flexibility index (Phi) is 5.78. The summed E-state index contributed by atoms with van der Waals surface area (Å²) in [6, 6.07) is 29.5. The van der Waals surface area contributed by atoms with Crippen LogP contribution in [0.25, 0.3) is 11.1 Å². The van der Waals surface area contributed by atoms with Crippen molar-refractivity contribution < 1.29 is 5.11 Å². The Morgan fingerprint density at radius 2 is 1.08 bits per heavy atom. The highest BCUT2D eigenvalue weighted by Gasteiger charge is 2.07. The maximum atomic E-state index is 9.34. The third kappa shape index (κ3) is 4.54. The van der Waals surface area contributed by atoms with Crippen molar-refractivity contribution in [1.29, 1.82) is 0 Å². The second-order valence-electron chi connectivity index (χ2n) is 5.98. The second-order valence-corrected chi connectivity index (χ2v) is 5.98. The molecule has 0 saturated heterocycles. The lowest BCUT2D eigenvalue weighted by molar-refractivity contribution is 0.184. The van der Waals surface area contributed by atoms with Gasteiger partial charge in [-0.15, -0.1) is 0 Å². The third-order valence-electron chi connectivity index (χ3n) is 4.13. The van der Waals surface area contributed by atoms with Crippen molar-refractivity contribution in [3.63, 3.8) is 0 Å². The van der Waals surface area contributed by atoms with Gasteiger partial charge in [-0.3, -0.25) is 4.90 Å². The standard InChI is InChI=1S/C22H23NO/c24-16-15-23(17-19-7-3-1-4-8-19)18-20-11-13-22(14-12-20)21-9-5-2-6-10-21/h1-14,24H,15-18H2. The van der Waals surface area contributed by atoms with Crippen LogP contribution in [-0.4, -0.2) is 23.2 Å². The fraction of sp³-hybridized carbons (Fsp3) is 0.182. The Morgan fingerprint density at radius 1 is 0.583 bits per heavy atom. The normalized spacial score (nSPS) is 10.9. The van der Waals surface area contributed by atoms with Gasteiger partial charge in [0.25, 0.3) is 0 Å². The monoisotopic (exact) mass is 317 g/mol. The SMILES string of the molecule is OCCN(Cc1ccccc1)Cc1ccc(-c2ccccc2)cc1. The van der Waals surface area contributed by atoms with E-state index in [4.69, 9.17) is 0 Å². The summed E-state index contributed by atoms with van der Waals surface area (Å²) in [5.74, 6) is 0. The number of rotatable bonds is 7. The minimum Gasteiger partial charge on any atom is -0.395 e. The molecule has 0 unspecified atom stereocenters. The van der Waals surface area contributed by atoms with Crippen LogP contribution in [0.15, 0.2) is 84.9 Å². The van der Waals surface area contributed by atoms with E-state index in [1.807, 2.05) is 12.1 Å². The highest BCUT2D eigenvalue weighted by atomic mass is 16.3. The van der Waals surface area contributed by atoms with Crippen LogP contribution in [-0.2, 0) is 13.1 Å². The van der Waals surface area contributed by atoms with E-state index < -0.39 is 0 Å². The molecule has 0 spiro atoms. The summed E-state index contributed by atoms with van der Waals surface area (Å²) in [5, 5.41) is 9.34. The molecule has 3 aromatic carbocycles. The van der Waals surface area contributed by atoms with Crippen LogP contribution >= 0.6 is 0 Å². The van der Waals surface area contributed by atoms with Gasteiger partial charge >= 0.3 is 0 Å². The molecule has 0 amide bonds. The quantitative estimate of drug-likeness (QED) is 0.700. The average Bonchev–Trinajstić information content (AvgIpc) is 2.64. The first-order chi connectivity index (χ1) is 11.8. The van der Waals surface area contributed by atoms with Crippen molar-refractivity contribution in [2.45, 2.75) is 13.1 Å². The Balaban J connectivity index is 1.68. The van der Waals surface area contributed by atoms with E-state index in [-0.39, 0.29) is 6.61 Å². The van der Waals surface area contributed by atoms with Crippen molar-refractivity contribution >= 4 is 0 Å². The molecule has 0 aliphatic carbocycles. The number of nitrogens with zero attached hydrogens (tertiary/aromatic N) is 1. The first-order valence-electron chi connectivity index (χ1n) is 8.36. The van der Waals surface area contributed by atoms with Gasteiger partial charge in [-0.1, -0.05) is 84.9 Å². The van der Waals surface area contributed by atoms with Crippen LogP contribution < -0.4 is 0 Å². The van der Waals surface area contributed by atoms with Crippen molar-refractivity contribution in [3.05, 3.63) is 96.1 Å². The summed E-state index contributed by atoms with van der Waals surface area (Å²) in [7, 11) is 0. The van der Waals surface area contributed by atoms with Gasteiger partial charge in [-0.2, -0.15) is 0 Å². The summed E-state index contributed by atoms with van der Waals surface area (Å²) in [4.78, 5) is 2.27. The Morgan fingerprint density at radius 3 is 1.67 bits per heavy atom. The Hall–Kier alpha value is -2.42. The molecule has 122 valence electrons. The minimum absolute atomic E-state index is 0.176. The van der Waals surface area contributed by atoms with Crippen molar-refractivity contribution in [3.8, 4) is 11.1 Å². The smallest absolute Gasteiger partial charge is 0.0558 e. The lowest BCUT2D eigenvalue weighted by atomic mass is 10.0. The van der Waals surface area contributed by atoms with Gasteiger partial charge in [0.1, 0.15) is 0 Å². The van der Waals surface area contributed by atoms with E-state index in [0.717, 1.165) is 13.1 Å². The minimum atomic E-state index is 0.176. The van der Waals surface area contributed by atoms with Crippen molar-refractivity contribution in [1.82, 2.24) is 4.90 Å². The molecule has 3 aromatic rings. The van der Waals surface area contributed by atoms with E-state index in [2.05, 4.69) is 77.7 Å². The number of hydrogen-bond donors (Lipinski definition) is 1. The van der Waals surface area contributed by atoms with E-state index in [1.165, 1.54) is 22.3 Å². The molecule has 0 bridgehead atoms. The van der Waals surface area contributed by atoms with E-state index in [0.29, 0.717) is 6.54 Å². The van der Waals surface area contributed by atoms with Gasteiger partial charge in [-0.25, -0.2) is 0 Å². The van der Waals surface area contributed by atoms with Crippen molar-refractivity contribution in [2.75, 3.05) is 13.2 Å². The lowest BCUT2D eigenvalue weighted by Gasteiger charge is -2.21. The zero-order chi connectivity index (χ0) is 16.6. The fourth-order valence-electron chi connectivity index (χ4n) is 2.89. The average molecular weight is 317 g/mol. The van der Waals surface area contributed by atoms with E-state index in [9.17, 15) is 5.11 Å². The molecule has 1 N–H and O–H groups in total. The first-order valence-corrected chi connectivity index (χ1v) is 8.36. The molecule has 3 rings (SSSR count). The Bertz CT molecular complexity index is 723. The largest absolute Gasteiger partial charge is 0.395 e. The third-order valence-corrected chi connectivity index (χ3v) is 4.13. The molecule has 0 aliphatic heterocycles. The van der Waals surface area contributed by atoms with Crippen LogP contribution in [0.1, 0.15) is 11.1 Å². The number of aliphatic hydroxyl groups excluding tert-OH is 1. The topological polar surface area (TPSA) is 23.5 Å². The molecule has 24 heavy (non-hydrogen) atoms. The molecule has 0 fully saturated rings. The highest BCUT2D eigenvalue weighted by Crippen LogP contribution is 2.20.